The van der Waals surface area contributed by atoms with Gasteiger partial charge in [0.25, 0.3) is 0 Å². The van der Waals surface area contributed by atoms with Gasteiger partial charge >= 0.3 is 0 Å². The van der Waals surface area contributed by atoms with Crippen LogP contribution in [0.4, 0.5) is 11.4 Å². The van der Waals surface area contributed by atoms with Gasteiger partial charge in [0.1, 0.15) is 0 Å². The first-order chi connectivity index (χ1) is 14.7. The molecule has 1 aromatic heterocycles. The molecule has 0 unspecified atom stereocenters. The van der Waals surface area contributed by atoms with Crippen LogP contribution in [-0.2, 0) is 16.0 Å². The second-order valence-electron chi connectivity index (χ2n) is 7.42. The van der Waals surface area contributed by atoms with Gasteiger partial charge in [-0.3, -0.25) is 24.1 Å². The lowest BCUT2D eigenvalue weighted by molar-refractivity contribution is -0.117. The third-order valence-corrected chi connectivity index (χ3v) is 4.95. The normalized spacial score (nSPS) is 10.8. The van der Waals surface area contributed by atoms with Gasteiger partial charge in [-0.15, -0.1) is 0 Å². The molecule has 1 aromatic carbocycles. The highest BCUT2D eigenvalue weighted by Crippen LogP contribution is 2.21. The van der Waals surface area contributed by atoms with E-state index in [1.54, 1.807) is 36.1 Å². The molecule has 0 saturated heterocycles. The van der Waals surface area contributed by atoms with E-state index in [1.165, 1.54) is 13.8 Å². The predicted octanol–water partition coefficient (Wildman–Crippen LogP) is 3.19. The average molecular weight is 427 g/mol. The van der Waals surface area contributed by atoms with Crippen molar-refractivity contribution in [2.24, 2.45) is 0 Å². The highest BCUT2D eigenvalue weighted by Gasteiger charge is 2.23. The van der Waals surface area contributed by atoms with E-state index in [0.29, 0.717) is 41.3 Å². The molecule has 0 atom stereocenters. The molecule has 166 valence electrons. The zero-order valence-corrected chi connectivity index (χ0v) is 18.7. The highest BCUT2D eigenvalue weighted by molar-refractivity contribution is 6.04. The SMILES string of the molecule is CCc1c(C(=O)CN(CC)CC(=O)Nc2ccc(NC(C)=O)cc2)[nH]c(C)c1C(C)=O. The first kappa shape index (κ1) is 24.0. The Kier molecular flexibility index (Phi) is 8.27. The minimum absolute atomic E-state index is 0.0520. The lowest BCUT2D eigenvalue weighted by atomic mass is 10.0. The summed E-state index contributed by atoms with van der Waals surface area (Å²) < 4.78 is 0. The molecule has 0 aliphatic carbocycles. The van der Waals surface area contributed by atoms with Crippen LogP contribution < -0.4 is 10.6 Å². The molecule has 1 heterocycles. The van der Waals surface area contributed by atoms with Crippen LogP contribution in [0.3, 0.4) is 0 Å². The number of aromatic nitrogens is 1. The van der Waals surface area contributed by atoms with Gasteiger partial charge in [0.15, 0.2) is 11.6 Å². The first-order valence-electron chi connectivity index (χ1n) is 10.3. The van der Waals surface area contributed by atoms with Crippen LogP contribution >= 0.6 is 0 Å². The van der Waals surface area contributed by atoms with Crippen molar-refractivity contribution in [3.05, 3.63) is 46.8 Å². The summed E-state index contributed by atoms with van der Waals surface area (Å²) in [4.78, 5) is 53.2. The minimum atomic E-state index is -0.246. The molecule has 0 spiro atoms. The summed E-state index contributed by atoms with van der Waals surface area (Å²) in [5.74, 6) is -0.633. The number of carbonyl (C=O) groups excluding carboxylic acids is 4. The molecule has 0 fully saturated rings. The summed E-state index contributed by atoms with van der Waals surface area (Å²) in [5.41, 5.74) is 3.68. The molecule has 31 heavy (non-hydrogen) atoms. The van der Waals surface area contributed by atoms with Crippen molar-refractivity contribution < 1.29 is 19.2 Å². The van der Waals surface area contributed by atoms with Gasteiger partial charge in [0.05, 0.1) is 18.8 Å². The summed E-state index contributed by atoms with van der Waals surface area (Å²) in [6.07, 6.45) is 0.571. The number of Topliss-reactive ketones (excluding diaryl/α,β-unsaturated/α-hetero) is 2. The second-order valence-corrected chi connectivity index (χ2v) is 7.42. The predicted molar refractivity (Wildman–Crippen MR) is 121 cm³/mol. The fourth-order valence-corrected chi connectivity index (χ4v) is 3.55. The fourth-order valence-electron chi connectivity index (χ4n) is 3.55. The van der Waals surface area contributed by atoms with Crippen molar-refractivity contribution in [1.82, 2.24) is 9.88 Å². The van der Waals surface area contributed by atoms with Crippen molar-refractivity contribution in [1.29, 1.82) is 0 Å². The lowest BCUT2D eigenvalue weighted by Crippen LogP contribution is -2.37. The second kappa shape index (κ2) is 10.7. The fraction of sp³-hybridized carbons (Fsp3) is 0.391. The van der Waals surface area contributed by atoms with E-state index in [4.69, 9.17) is 0 Å². The number of benzene rings is 1. The van der Waals surface area contributed by atoms with Gasteiger partial charge in [0.2, 0.25) is 11.8 Å². The van der Waals surface area contributed by atoms with E-state index >= 15 is 0 Å². The Balaban J connectivity index is 2.02. The number of amides is 2. The molecular formula is C23H30N4O4. The van der Waals surface area contributed by atoms with Gasteiger partial charge in [-0.1, -0.05) is 13.8 Å². The number of rotatable bonds is 10. The molecule has 3 N–H and O–H groups in total. The topological polar surface area (TPSA) is 111 Å². The quantitative estimate of drug-likeness (QED) is 0.505. The number of aryl methyl sites for hydroxylation is 1. The number of nitrogens with one attached hydrogen (secondary N) is 3. The molecule has 2 rings (SSSR count). The molecule has 0 bridgehead atoms. The Hall–Kier alpha value is -3.26. The number of likely N-dealkylation sites (N-methyl/N-ethyl adjacent to an activating group) is 1. The number of carbonyl (C=O) groups is 4. The molecule has 8 nitrogen and oxygen atoms in total. The Bertz CT molecular complexity index is 976. The molecule has 0 aliphatic rings. The summed E-state index contributed by atoms with van der Waals surface area (Å²) in [6.45, 7) is 9.13. The van der Waals surface area contributed by atoms with Crippen molar-refractivity contribution in [2.75, 3.05) is 30.3 Å². The smallest absolute Gasteiger partial charge is 0.238 e. The summed E-state index contributed by atoms with van der Waals surface area (Å²) in [5, 5.41) is 5.46. The van der Waals surface area contributed by atoms with Crippen LogP contribution in [0.15, 0.2) is 24.3 Å². The Morgan fingerprint density at radius 2 is 1.52 bits per heavy atom. The zero-order valence-electron chi connectivity index (χ0n) is 18.7. The number of hydrogen-bond acceptors (Lipinski definition) is 5. The van der Waals surface area contributed by atoms with Gasteiger partial charge in [-0.25, -0.2) is 0 Å². The minimum Gasteiger partial charge on any atom is -0.355 e. The zero-order chi connectivity index (χ0) is 23.1. The van der Waals surface area contributed by atoms with E-state index in [-0.39, 0.29) is 36.5 Å². The Morgan fingerprint density at radius 1 is 0.935 bits per heavy atom. The van der Waals surface area contributed by atoms with Crippen molar-refractivity contribution >= 4 is 34.8 Å². The molecule has 8 heteroatoms. The van der Waals surface area contributed by atoms with Gasteiger partial charge < -0.3 is 15.6 Å². The number of H-pyrrole nitrogens is 1. The van der Waals surface area contributed by atoms with Crippen molar-refractivity contribution in [3.8, 4) is 0 Å². The van der Waals surface area contributed by atoms with Crippen LogP contribution in [-0.4, -0.2) is 52.9 Å². The third-order valence-electron chi connectivity index (χ3n) is 4.95. The monoisotopic (exact) mass is 426 g/mol. The summed E-state index contributed by atoms with van der Waals surface area (Å²) in [6, 6.07) is 6.79. The number of anilines is 2. The summed E-state index contributed by atoms with van der Waals surface area (Å²) in [7, 11) is 0. The molecule has 0 radical (unpaired) electrons. The molecule has 0 aliphatic heterocycles. The molecule has 2 aromatic rings. The van der Waals surface area contributed by atoms with Gasteiger partial charge in [0, 0.05) is 29.6 Å². The molecular weight excluding hydrogens is 396 g/mol. The number of nitrogens with zero attached hydrogens (tertiary/aromatic N) is 1. The average Bonchev–Trinajstić information content (AvgIpc) is 3.05. The third kappa shape index (κ3) is 6.36. The molecule has 2 amide bonds. The first-order valence-corrected chi connectivity index (χ1v) is 10.3. The van der Waals surface area contributed by atoms with Crippen LogP contribution in [0.25, 0.3) is 0 Å². The van der Waals surface area contributed by atoms with Crippen molar-refractivity contribution in [3.63, 3.8) is 0 Å². The van der Waals surface area contributed by atoms with Crippen LogP contribution in [0.2, 0.25) is 0 Å². The maximum atomic E-state index is 12.9. The van der Waals surface area contributed by atoms with E-state index < -0.39 is 0 Å². The van der Waals surface area contributed by atoms with Crippen LogP contribution in [0, 0.1) is 6.92 Å². The maximum absolute atomic E-state index is 12.9. The maximum Gasteiger partial charge on any atom is 0.238 e. The molecule has 0 saturated carbocycles. The van der Waals surface area contributed by atoms with E-state index in [1.807, 2.05) is 13.8 Å². The highest BCUT2D eigenvalue weighted by atomic mass is 16.2. The number of hydrogen-bond donors (Lipinski definition) is 3. The van der Waals surface area contributed by atoms with E-state index in [0.717, 1.165) is 5.56 Å². The van der Waals surface area contributed by atoms with Crippen LogP contribution in [0.5, 0.6) is 0 Å². The van der Waals surface area contributed by atoms with E-state index in [2.05, 4.69) is 15.6 Å². The number of ketones is 2. The summed E-state index contributed by atoms with van der Waals surface area (Å²) >= 11 is 0. The van der Waals surface area contributed by atoms with Crippen molar-refractivity contribution in [2.45, 2.75) is 41.0 Å². The van der Waals surface area contributed by atoms with Gasteiger partial charge in [-0.05, 0) is 56.6 Å². The standard InChI is InChI=1S/C23H30N4O4/c1-6-19-22(15(4)28)14(3)24-23(19)20(30)12-27(7-2)13-21(31)26-18-10-8-17(9-11-18)25-16(5)29/h8-11,24H,6-7,12-13H2,1-5H3,(H,25,29)(H,26,31). The number of aromatic amines is 1. The van der Waals surface area contributed by atoms with E-state index in [9.17, 15) is 19.2 Å². The van der Waals surface area contributed by atoms with Gasteiger partial charge in [-0.2, -0.15) is 0 Å². The lowest BCUT2D eigenvalue weighted by Gasteiger charge is -2.19. The Morgan fingerprint density at radius 3 is 2.00 bits per heavy atom. The Labute approximate surface area is 182 Å². The van der Waals surface area contributed by atoms with Crippen LogP contribution in [0.1, 0.15) is 59.8 Å². The largest absolute Gasteiger partial charge is 0.355 e.